The minimum absolute atomic E-state index is 0.115. The smallest absolute Gasteiger partial charge is 0.270 e. The molecule has 0 atom stereocenters. The third-order valence-corrected chi connectivity index (χ3v) is 8.71. The first-order chi connectivity index (χ1) is 19.6. The van der Waals surface area contributed by atoms with Crippen LogP contribution in [0.2, 0.25) is 0 Å². The summed E-state index contributed by atoms with van der Waals surface area (Å²) in [6.45, 7) is 12.2. The average Bonchev–Trinajstić information content (AvgIpc) is 3.38. The average molecular weight is 547 g/mol. The van der Waals surface area contributed by atoms with Crippen molar-refractivity contribution in [2.45, 2.75) is 51.1 Å². The van der Waals surface area contributed by atoms with Crippen molar-refractivity contribution in [1.82, 2.24) is 44.9 Å². The van der Waals surface area contributed by atoms with E-state index in [2.05, 4.69) is 50.3 Å². The number of carbonyl (C=O) groups excluding carboxylic acids is 1. The van der Waals surface area contributed by atoms with Gasteiger partial charge in [0.1, 0.15) is 17.5 Å². The van der Waals surface area contributed by atoms with Crippen molar-refractivity contribution in [3.63, 3.8) is 0 Å². The van der Waals surface area contributed by atoms with E-state index in [1.54, 1.807) is 12.4 Å². The van der Waals surface area contributed by atoms with E-state index in [0.29, 0.717) is 5.69 Å². The van der Waals surface area contributed by atoms with Crippen molar-refractivity contribution in [2.75, 3.05) is 64.2 Å². The van der Waals surface area contributed by atoms with Crippen LogP contribution in [0, 0.1) is 12.8 Å². The molecule has 0 spiro atoms. The maximum Gasteiger partial charge on any atom is 0.270 e. The Hall–Kier alpha value is -3.15. The van der Waals surface area contributed by atoms with Gasteiger partial charge in [-0.05, 0) is 76.7 Å². The van der Waals surface area contributed by atoms with Crippen molar-refractivity contribution >= 4 is 22.9 Å². The summed E-state index contributed by atoms with van der Waals surface area (Å²) in [6.07, 6.45) is 8.89. The summed E-state index contributed by atoms with van der Waals surface area (Å²) in [5.41, 5.74) is 2.96. The Balaban J connectivity index is 0.935. The van der Waals surface area contributed by atoms with Crippen LogP contribution in [0.3, 0.4) is 0 Å². The predicted molar refractivity (Wildman–Crippen MR) is 155 cm³/mol. The van der Waals surface area contributed by atoms with Crippen molar-refractivity contribution < 1.29 is 4.79 Å². The molecule has 3 fully saturated rings. The van der Waals surface area contributed by atoms with Crippen LogP contribution in [-0.2, 0) is 0 Å². The molecule has 0 bridgehead atoms. The first kappa shape index (κ1) is 27.0. The molecule has 5 heterocycles. The topological polar surface area (TPSA) is 116 Å². The number of nitrogens with one attached hydrogen (secondary N) is 3. The second-order valence-electron chi connectivity index (χ2n) is 11.6. The fourth-order valence-corrected chi connectivity index (χ4v) is 6.24. The normalized spacial score (nSPS) is 22.7. The highest BCUT2D eigenvalue weighted by Crippen LogP contribution is 2.35. The number of hydrogen-bond acceptors (Lipinski definition) is 9. The third-order valence-electron chi connectivity index (χ3n) is 8.71. The lowest BCUT2D eigenvalue weighted by molar-refractivity contribution is 0.0889. The van der Waals surface area contributed by atoms with Crippen LogP contribution in [0.1, 0.15) is 54.3 Å². The number of amides is 1. The number of hydrogen-bond donors (Lipinski definition) is 3. The molecular formula is C29H42N10O. The largest absolute Gasteiger partial charge is 0.368 e. The molecule has 11 nitrogen and oxygen atoms in total. The number of pyridine rings is 1. The molecule has 3 aromatic heterocycles. The van der Waals surface area contributed by atoms with Crippen molar-refractivity contribution in [3.8, 4) is 0 Å². The number of piperidine rings is 1. The van der Waals surface area contributed by atoms with E-state index in [-0.39, 0.29) is 18.0 Å². The van der Waals surface area contributed by atoms with E-state index in [0.717, 1.165) is 74.0 Å². The summed E-state index contributed by atoms with van der Waals surface area (Å²) in [6, 6.07) is 5.90. The van der Waals surface area contributed by atoms with E-state index < -0.39 is 0 Å². The monoisotopic (exact) mass is 546 g/mol. The van der Waals surface area contributed by atoms with Crippen molar-refractivity contribution in [3.05, 3.63) is 42.2 Å². The van der Waals surface area contributed by atoms with Crippen LogP contribution >= 0.6 is 0 Å². The highest BCUT2D eigenvalue weighted by molar-refractivity contribution is 5.92. The number of imidazole rings is 1. The van der Waals surface area contributed by atoms with Crippen LogP contribution < -0.4 is 16.0 Å². The summed E-state index contributed by atoms with van der Waals surface area (Å²) in [5.74, 6) is 1.55. The lowest BCUT2D eigenvalue weighted by Gasteiger charge is -2.37. The molecule has 11 heteroatoms. The highest BCUT2D eigenvalue weighted by atomic mass is 16.2. The Labute approximate surface area is 236 Å². The summed E-state index contributed by atoms with van der Waals surface area (Å²) in [5, 5.41) is 10.1. The van der Waals surface area contributed by atoms with Gasteiger partial charge < -0.3 is 30.3 Å². The number of nitrogens with zero attached hydrogens (tertiary/aromatic N) is 7. The number of rotatable bonds is 10. The van der Waals surface area contributed by atoms with Crippen molar-refractivity contribution in [1.29, 1.82) is 0 Å². The first-order valence-corrected chi connectivity index (χ1v) is 14.9. The zero-order valence-electron chi connectivity index (χ0n) is 23.6. The Kier molecular flexibility index (Phi) is 8.50. The van der Waals surface area contributed by atoms with Gasteiger partial charge in [-0.15, -0.1) is 0 Å². The van der Waals surface area contributed by atoms with Crippen LogP contribution in [0.4, 0.5) is 5.82 Å². The van der Waals surface area contributed by atoms with Gasteiger partial charge in [-0.2, -0.15) is 0 Å². The molecule has 0 aromatic carbocycles. The molecule has 2 aliphatic heterocycles. The van der Waals surface area contributed by atoms with Gasteiger partial charge >= 0.3 is 0 Å². The fourth-order valence-electron chi connectivity index (χ4n) is 6.24. The number of carbonyl (C=O) groups is 1. The van der Waals surface area contributed by atoms with E-state index in [1.165, 1.54) is 45.6 Å². The maximum atomic E-state index is 12.5. The van der Waals surface area contributed by atoms with Crippen LogP contribution in [0.15, 0.2) is 30.9 Å². The summed E-state index contributed by atoms with van der Waals surface area (Å²) >= 11 is 0. The molecule has 214 valence electrons. The number of anilines is 1. The molecule has 3 N–H and O–H groups in total. The Morgan fingerprint density at radius 2 is 1.85 bits per heavy atom. The zero-order chi connectivity index (χ0) is 27.3. The second kappa shape index (κ2) is 12.6. The van der Waals surface area contributed by atoms with Gasteiger partial charge in [0.25, 0.3) is 5.91 Å². The molecule has 1 aliphatic carbocycles. The molecule has 40 heavy (non-hydrogen) atoms. The molecule has 1 amide bonds. The Morgan fingerprint density at radius 1 is 1.05 bits per heavy atom. The SMILES string of the molecule is Cc1cccc(C(=O)NC2CC(n3cnc4c(NCCCN5CCN(CC6CCNCC6)CC5)ncnc43)C2)n1. The molecule has 6 rings (SSSR count). The quantitative estimate of drug-likeness (QED) is 0.329. The second-order valence-corrected chi connectivity index (χ2v) is 11.6. The van der Waals surface area contributed by atoms with Crippen LogP contribution in [0.5, 0.6) is 0 Å². The Morgan fingerprint density at radius 3 is 2.65 bits per heavy atom. The summed E-state index contributed by atoms with van der Waals surface area (Å²) in [4.78, 5) is 35.8. The van der Waals surface area contributed by atoms with Gasteiger partial charge in [0.05, 0.1) is 6.33 Å². The van der Waals surface area contributed by atoms with Gasteiger partial charge in [-0.3, -0.25) is 4.79 Å². The predicted octanol–water partition coefficient (Wildman–Crippen LogP) is 2.08. The standard InChI is InChI=1S/C29H42N10O/c1-21-4-2-5-25(35-21)29(40)36-23-16-24(17-23)39-20-34-26-27(32-19-33-28(26)39)31-8-3-11-37-12-14-38(15-13-37)18-22-6-9-30-10-7-22/h2,4-5,19-20,22-24,30H,3,6-18H2,1H3,(H,36,40)(H,31,32,33). The number of fused-ring (bicyclic) bond motifs is 1. The first-order valence-electron chi connectivity index (χ1n) is 14.9. The summed E-state index contributed by atoms with van der Waals surface area (Å²) in [7, 11) is 0. The lowest BCUT2D eigenvalue weighted by Crippen LogP contribution is -2.48. The maximum absolute atomic E-state index is 12.5. The van der Waals surface area contributed by atoms with E-state index in [9.17, 15) is 4.79 Å². The van der Waals surface area contributed by atoms with Crippen LogP contribution in [0.25, 0.3) is 11.2 Å². The van der Waals surface area contributed by atoms with E-state index in [1.807, 2.05) is 25.4 Å². The van der Waals surface area contributed by atoms with Crippen molar-refractivity contribution in [2.24, 2.45) is 5.92 Å². The lowest BCUT2D eigenvalue weighted by atomic mass is 9.86. The number of aromatic nitrogens is 5. The zero-order valence-corrected chi connectivity index (χ0v) is 23.6. The molecule has 3 aromatic rings. The van der Waals surface area contributed by atoms with Gasteiger partial charge in [0.15, 0.2) is 11.5 Å². The number of aryl methyl sites for hydroxylation is 1. The summed E-state index contributed by atoms with van der Waals surface area (Å²) < 4.78 is 2.12. The number of piperazine rings is 1. The van der Waals surface area contributed by atoms with Gasteiger partial charge in [0.2, 0.25) is 0 Å². The molecule has 2 saturated heterocycles. The molecule has 0 radical (unpaired) electrons. The van der Waals surface area contributed by atoms with Gasteiger partial charge in [0, 0.05) is 57.0 Å². The minimum Gasteiger partial charge on any atom is -0.368 e. The van der Waals surface area contributed by atoms with Gasteiger partial charge in [-0.25, -0.2) is 19.9 Å². The highest BCUT2D eigenvalue weighted by Gasteiger charge is 2.33. The molecule has 3 aliphatic rings. The van der Waals surface area contributed by atoms with Gasteiger partial charge in [-0.1, -0.05) is 6.07 Å². The Bertz CT molecular complexity index is 1270. The molecule has 0 unspecified atom stereocenters. The van der Waals surface area contributed by atoms with E-state index >= 15 is 0 Å². The van der Waals surface area contributed by atoms with E-state index in [4.69, 9.17) is 0 Å². The minimum atomic E-state index is -0.115. The third kappa shape index (κ3) is 6.42. The molecular weight excluding hydrogens is 504 g/mol. The fraction of sp³-hybridized carbons (Fsp3) is 0.621. The molecule has 1 saturated carbocycles. The van der Waals surface area contributed by atoms with Crippen LogP contribution in [-0.4, -0.2) is 105 Å².